The number of nitrogens with one attached hydrogen (secondary N) is 1. The van der Waals surface area contributed by atoms with Gasteiger partial charge in [0.15, 0.2) is 0 Å². The molecule has 4 aromatic rings. The van der Waals surface area contributed by atoms with E-state index in [1.807, 2.05) is 54.6 Å². The van der Waals surface area contributed by atoms with Gasteiger partial charge in [-0.15, -0.1) is 0 Å². The quantitative estimate of drug-likeness (QED) is 0.416. The third kappa shape index (κ3) is 4.67. The Labute approximate surface area is 175 Å². The summed E-state index contributed by atoms with van der Waals surface area (Å²) in [7, 11) is 0. The lowest BCUT2D eigenvalue weighted by molar-refractivity contribution is 0.174. The maximum atomic E-state index is 14.0. The Morgan fingerprint density at radius 3 is 2.40 bits per heavy atom. The molecule has 0 saturated carbocycles. The van der Waals surface area contributed by atoms with Gasteiger partial charge in [-0.1, -0.05) is 78.9 Å². The van der Waals surface area contributed by atoms with Gasteiger partial charge in [0.2, 0.25) is 0 Å². The van der Waals surface area contributed by atoms with Crippen LogP contribution in [0.2, 0.25) is 0 Å². The molecule has 1 atom stereocenters. The van der Waals surface area contributed by atoms with E-state index in [1.54, 1.807) is 18.2 Å². The van der Waals surface area contributed by atoms with Crippen LogP contribution in [0.3, 0.4) is 0 Å². The molecule has 3 nitrogen and oxygen atoms in total. The summed E-state index contributed by atoms with van der Waals surface area (Å²) in [6.07, 6.45) is -0.594. The molecule has 0 aromatic heterocycles. The molecule has 0 heterocycles. The number of aliphatic hydroxyl groups excluding tert-OH is 1. The summed E-state index contributed by atoms with van der Waals surface area (Å²) in [5, 5.41) is 15.9. The maximum absolute atomic E-state index is 14.0. The van der Waals surface area contributed by atoms with Gasteiger partial charge in [-0.05, 0) is 28.5 Å². The third-order valence-electron chi connectivity index (χ3n) is 5.16. The van der Waals surface area contributed by atoms with E-state index in [1.165, 1.54) is 6.07 Å². The molecule has 0 amide bonds. The molecule has 0 aliphatic heterocycles. The van der Waals surface area contributed by atoms with Crippen LogP contribution in [0.15, 0.2) is 91.0 Å². The lowest BCUT2D eigenvalue weighted by Crippen LogP contribution is -2.21. The molecule has 30 heavy (non-hydrogen) atoms. The Balaban J connectivity index is 1.52. The Morgan fingerprint density at radius 1 is 0.833 bits per heavy atom. The molecule has 4 heteroatoms. The van der Waals surface area contributed by atoms with Crippen LogP contribution in [0.25, 0.3) is 10.8 Å². The summed E-state index contributed by atoms with van der Waals surface area (Å²) in [4.78, 5) is 0. The minimum atomic E-state index is -0.594. The molecular formula is C26H24FNO2. The highest BCUT2D eigenvalue weighted by Gasteiger charge is 2.12. The van der Waals surface area contributed by atoms with Crippen LogP contribution in [0, 0.1) is 5.82 Å². The minimum absolute atomic E-state index is 0.157. The lowest BCUT2D eigenvalue weighted by atomic mass is 10.0. The second-order valence-corrected chi connectivity index (χ2v) is 7.20. The van der Waals surface area contributed by atoms with Crippen molar-refractivity contribution in [1.29, 1.82) is 0 Å². The summed E-state index contributed by atoms with van der Waals surface area (Å²) in [5.74, 6) is 0.433. The van der Waals surface area contributed by atoms with Gasteiger partial charge in [-0.25, -0.2) is 4.39 Å². The maximum Gasteiger partial charge on any atom is 0.129 e. The first kappa shape index (κ1) is 20.1. The first-order valence-corrected chi connectivity index (χ1v) is 10.0. The van der Waals surface area contributed by atoms with E-state index < -0.39 is 6.10 Å². The van der Waals surface area contributed by atoms with E-state index in [9.17, 15) is 9.50 Å². The number of aliphatic hydroxyl groups is 1. The number of rotatable bonds is 8. The first-order valence-electron chi connectivity index (χ1n) is 10.0. The molecule has 0 radical (unpaired) electrons. The fourth-order valence-corrected chi connectivity index (χ4v) is 3.53. The van der Waals surface area contributed by atoms with Crippen LogP contribution in [0.4, 0.5) is 4.39 Å². The molecule has 0 saturated heterocycles. The van der Waals surface area contributed by atoms with Crippen molar-refractivity contribution in [2.75, 3.05) is 6.54 Å². The van der Waals surface area contributed by atoms with E-state index in [2.05, 4.69) is 17.4 Å². The molecule has 0 aliphatic rings. The fraction of sp³-hybridized carbons (Fsp3) is 0.154. The Kier molecular flexibility index (Phi) is 6.38. The number of ether oxygens (including phenoxy) is 1. The van der Waals surface area contributed by atoms with Gasteiger partial charge < -0.3 is 15.2 Å². The molecule has 0 fully saturated rings. The van der Waals surface area contributed by atoms with E-state index in [0.29, 0.717) is 24.4 Å². The van der Waals surface area contributed by atoms with Crippen molar-refractivity contribution in [3.05, 3.63) is 114 Å². The predicted molar refractivity (Wildman–Crippen MR) is 118 cm³/mol. The SMILES string of the molecule is O[C@@H](CNCc1c(OCc2ccccc2F)ccc2ccccc12)c1ccccc1. The van der Waals surface area contributed by atoms with Gasteiger partial charge in [-0.2, -0.15) is 0 Å². The zero-order chi connectivity index (χ0) is 20.8. The first-order chi connectivity index (χ1) is 14.7. The second kappa shape index (κ2) is 9.53. The molecule has 152 valence electrons. The highest BCUT2D eigenvalue weighted by molar-refractivity contribution is 5.87. The predicted octanol–water partition coefficient (Wildman–Crippen LogP) is 5.38. The lowest BCUT2D eigenvalue weighted by Gasteiger charge is -2.17. The second-order valence-electron chi connectivity index (χ2n) is 7.20. The number of halogens is 1. The Morgan fingerprint density at radius 2 is 1.57 bits per heavy atom. The third-order valence-corrected chi connectivity index (χ3v) is 5.16. The van der Waals surface area contributed by atoms with Crippen molar-refractivity contribution in [3.8, 4) is 5.75 Å². The molecule has 0 aliphatic carbocycles. The highest BCUT2D eigenvalue weighted by atomic mass is 19.1. The molecule has 2 N–H and O–H groups in total. The summed E-state index contributed by atoms with van der Waals surface area (Å²) >= 11 is 0. The minimum Gasteiger partial charge on any atom is -0.488 e. The number of hydrogen-bond acceptors (Lipinski definition) is 3. The normalized spacial score (nSPS) is 12.1. The summed E-state index contributed by atoms with van der Waals surface area (Å²) < 4.78 is 20.0. The van der Waals surface area contributed by atoms with Gasteiger partial charge in [0.05, 0.1) is 6.10 Å². The van der Waals surface area contributed by atoms with Gasteiger partial charge in [-0.3, -0.25) is 0 Å². The number of benzene rings is 4. The monoisotopic (exact) mass is 401 g/mol. The molecule has 4 rings (SSSR count). The summed E-state index contributed by atoms with van der Waals surface area (Å²) in [6.45, 7) is 1.10. The van der Waals surface area contributed by atoms with Gasteiger partial charge in [0, 0.05) is 24.2 Å². The van der Waals surface area contributed by atoms with Crippen LogP contribution in [-0.2, 0) is 13.2 Å². The summed E-state index contributed by atoms with van der Waals surface area (Å²) in [6, 6.07) is 28.2. The Bertz CT molecular complexity index is 1110. The van der Waals surface area contributed by atoms with Crippen molar-refractivity contribution in [1.82, 2.24) is 5.32 Å². The van der Waals surface area contributed by atoms with E-state index in [-0.39, 0.29) is 12.4 Å². The van der Waals surface area contributed by atoms with Crippen molar-refractivity contribution in [2.24, 2.45) is 0 Å². The van der Waals surface area contributed by atoms with Crippen molar-refractivity contribution >= 4 is 10.8 Å². The van der Waals surface area contributed by atoms with Crippen LogP contribution in [0.1, 0.15) is 22.8 Å². The number of fused-ring (bicyclic) bond motifs is 1. The average Bonchev–Trinajstić information content (AvgIpc) is 2.79. The zero-order valence-corrected chi connectivity index (χ0v) is 16.6. The standard InChI is InChI=1S/C26H24FNO2/c27-24-13-7-5-11-21(24)18-30-26-15-14-19-8-4-6-12-22(19)23(26)16-28-17-25(29)20-9-2-1-3-10-20/h1-15,25,28-29H,16-18H2/t25-/m0/s1. The van der Waals surface area contributed by atoms with Crippen LogP contribution in [-0.4, -0.2) is 11.7 Å². The zero-order valence-electron chi connectivity index (χ0n) is 16.6. The average molecular weight is 401 g/mol. The molecule has 0 bridgehead atoms. The topological polar surface area (TPSA) is 41.5 Å². The van der Waals surface area contributed by atoms with Gasteiger partial charge in [0.25, 0.3) is 0 Å². The summed E-state index contributed by atoms with van der Waals surface area (Å²) in [5.41, 5.74) is 2.38. The Hall–Kier alpha value is -3.21. The highest BCUT2D eigenvalue weighted by Crippen LogP contribution is 2.29. The van der Waals surface area contributed by atoms with E-state index >= 15 is 0 Å². The van der Waals surface area contributed by atoms with Gasteiger partial charge >= 0.3 is 0 Å². The largest absolute Gasteiger partial charge is 0.488 e. The van der Waals surface area contributed by atoms with Crippen LogP contribution >= 0.6 is 0 Å². The van der Waals surface area contributed by atoms with Crippen molar-refractivity contribution < 1.29 is 14.2 Å². The fourth-order valence-electron chi connectivity index (χ4n) is 3.53. The van der Waals surface area contributed by atoms with Gasteiger partial charge in [0.1, 0.15) is 18.2 Å². The van der Waals surface area contributed by atoms with Crippen molar-refractivity contribution in [3.63, 3.8) is 0 Å². The van der Waals surface area contributed by atoms with Crippen LogP contribution < -0.4 is 10.1 Å². The smallest absolute Gasteiger partial charge is 0.129 e. The van der Waals surface area contributed by atoms with E-state index in [0.717, 1.165) is 21.9 Å². The van der Waals surface area contributed by atoms with E-state index in [4.69, 9.17) is 4.74 Å². The van der Waals surface area contributed by atoms with Crippen LogP contribution in [0.5, 0.6) is 5.75 Å². The molecular weight excluding hydrogens is 377 g/mol. The molecule has 0 unspecified atom stereocenters. The molecule has 4 aromatic carbocycles. The van der Waals surface area contributed by atoms with Crippen molar-refractivity contribution in [2.45, 2.75) is 19.3 Å². The molecule has 0 spiro atoms. The number of hydrogen-bond donors (Lipinski definition) is 2.